The topological polar surface area (TPSA) is 68.3 Å². The molecule has 0 saturated heterocycles. The molecule has 0 bridgehead atoms. The summed E-state index contributed by atoms with van der Waals surface area (Å²) in [7, 11) is 0. The van der Waals surface area contributed by atoms with Crippen LogP contribution < -0.4 is 15.2 Å². The van der Waals surface area contributed by atoms with E-state index in [1.54, 1.807) is 6.07 Å². The maximum absolute atomic E-state index is 9.30. The molecule has 0 unspecified atom stereocenters. The van der Waals surface area contributed by atoms with E-state index in [-0.39, 0.29) is 17.6 Å². The lowest BCUT2D eigenvalue weighted by Crippen LogP contribution is -2.43. The predicted octanol–water partition coefficient (Wildman–Crippen LogP) is 1.85. The minimum absolute atomic E-state index is 0.128. The second-order valence-corrected chi connectivity index (χ2v) is 5.97. The average molecular weight is 256 g/mol. The first kappa shape index (κ1) is 11.1. The molecule has 1 aliphatic heterocycles. The van der Waals surface area contributed by atoms with Gasteiger partial charge in [-0.2, -0.15) is 5.26 Å². The van der Waals surface area contributed by atoms with Crippen molar-refractivity contribution in [1.82, 2.24) is 0 Å². The molecular formula is C15H16N2O2. The van der Waals surface area contributed by atoms with Crippen LogP contribution >= 0.6 is 0 Å². The van der Waals surface area contributed by atoms with E-state index in [9.17, 15) is 5.26 Å². The molecule has 0 amide bonds. The maximum atomic E-state index is 9.30. The molecule has 4 heteroatoms. The van der Waals surface area contributed by atoms with E-state index in [2.05, 4.69) is 6.07 Å². The molecular weight excluding hydrogens is 240 g/mol. The third kappa shape index (κ3) is 1.55. The highest BCUT2D eigenvalue weighted by Crippen LogP contribution is 2.59. The van der Waals surface area contributed by atoms with E-state index in [0.717, 1.165) is 49.4 Å². The van der Waals surface area contributed by atoms with E-state index in [0.29, 0.717) is 5.56 Å². The van der Waals surface area contributed by atoms with Crippen LogP contribution in [0.3, 0.4) is 0 Å². The van der Waals surface area contributed by atoms with E-state index >= 15 is 0 Å². The molecule has 0 radical (unpaired) electrons. The Morgan fingerprint density at radius 1 is 1.37 bits per heavy atom. The normalized spacial score (nSPS) is 29.1. The SMILES string of the molecule is N#Cc1ccc2c(c1OC1CC(N)C1)C1(CC1)CO2. The van der Waals surface area contributed by atoms with Crippen molar-refractivity contribution in [3.8, 4) is 17.6 Å². The summed E-state index contributed by atoms with van der Waals surface area (Å²) >= 11 is 0. The Labute approximate surface area is 112 Å². The van der Waals surface area contributed by atoms with E-state index in [4.69, 9.17) is 15.2 Å². The number of rotatable bonds is 2. The van der Waals surface area contributed by atoms with Crippen molar-refractivity contribution in [2.45, 2.75) is 43.2 Å². The van der Waals surface area contributed by atoms with Crippen LogP contribution in [-0.4, -0.2) is 18.8 Å². The summed E-state index contributed by atoms with van der Waals surface area (Å²) in [4.78, 5) is 0. The number of ether oxygens (including phenoxy) is 2. The molecule has 19 heavy (non-hydrogen) atoms. The number of hydrogen-bond acceptors (Lipinski definition) is 4. The molecule has 1 heterocycles. The second kappa shape index (κ2) is 3.64. The summed E-state index contributed by atoms with van der Waals surface area (Å²) in [6.07, 6.45) is 4.18. The summed E-state index contributed by atoms with van der Waals surface area (Å²) in [6.45, 7) is 0.734. The van der Waals surface area contributed by atoms with Gasteiger partial charge in [0, 0.05) is 17.0 Å². The molecule has 3 aliphatic rings. The Hall–Kier alpha value is -1.73. The third-order valence-corrected chi connectivity index (χ3v) is 4.54. The number of nitrogens with zero attached hydrogens (tertiary/aromatic N) is 1. The highest BCUT2D eigenvalue weighted by molar-refractivity contribution is 5.61. The molecule has 0 aromatic heterocycles. The first-order chi connectivity index (χ1) is 9.22. The molecule has 2 saturated carbocycles. The lowest BCUT2D eigenvalue weighted by Gasteiger charge is -2.33. The van der Waals surface area contributed by atoms with Crippen LogP contribution in [0.25, 0.3) is 0 Å². The fraction of sp³-hybridized carbons (Fsp3) is 0.533. The quantitative estimate of drug-likeness (QED) is 0.876. The Bertz CT molecular complexity index is 581. The van der Waals surface area contributed by atoms with Crippen molar-refractivity contribution in [2.24, 2.45) is 5.73 Å². The van der Waals surface area contributed by atoms with Crippen molar-refractivity contribution < 1.29 is 9.47 Å². The number of benzene rings is 1. The van der Waals surface area contributed by atoms with Crippen LogP contribution in [0.4, 0.5) is 0 Å². The van der Waals surface area contributed by atoms with Gasteiger partial charge in [0.05, 0.1) is 12.2 Å². The number of nitriles is 1. The number of fused-ring (bicyclic) bond motifs is 2. The first-order valence-electron chi connectivity index (χ1n) is 6.84. The predicted molar refractivity (Wildman–Crippen MR) is 69.2 cm³/mol. The molecule has 2 fully saturated rings. The van der Waals surface area contributed by atoms with Gasteiger partial charge in [-0.05, 0) is 37.8 Å². The van der Waals surface area contributed by atoms with Crippen LogP contribution in [0.15, 0.2) is 12.1 Å². The van der Waals surface area contributed by atoms with E-state index < -0.39 is 0 Å². The zero-order valence-electron chi connectivity index (χ0n) is 10.7. The largest absolute Gasteiger partial charge is 0.492 e. The third-order valence-electron chi connectivity index (χ3n) is 4.54. The standard InChI is InChI=1S/C15H16N2O2/c16-7-9-1-2-12-13(15(3-4-15)8-18-12)14(9)19-11-5-10(17)6-11/h1-2,10-11H,3-6,8,17H2. The summed E-state index contributed by atoms with van der Waals surface area (Å²) in [5.41, 5.74) is 7.68. The molecule has 1 spiro atoms. The van der Waals surface area contributed by atoms with Gasteiger partial charge in [0.1, 0.15) is 23.7 Å². The lowest BCUT2D eigenvalue weighted by molar-refractivity contribution is 0.0991. The minimum atomic E-state index is 0.128. The zero-order valence-corrected chi connectivity index (χ0v) is 10.7. The van der Waals surface area contributed by atoms with Gasteiger partial charge in [0.15, 0.2) is 0 Å². The summed E-state index contributed by atoms with van der Waals surface area (Å²) in [6, 6.07) is 6.20. The van der Waals surface area contributed by atoms with Crippen LogP contribution in [0.5, 0.6) is 11.5 Å². The summed E-state index contributed by atoms with van der Waals surface area (Å²) in [5.74, 6) is 1.65. The van der Waals surface area contributed by atoms with Crippen molar-refractivity contribution >= 4 is 0 Å². The van der Waals surface area contributed by atoms with Crippen molar-refractivity contribution in [3.05, 3.63) is 23.3 Å². The van der Waals surface area contributed by atoms with Gasteiger partial charge in [-0.15, -0.1) is 0 Å². The smallest absolute Gasteiger partial charge is 0.145 e. The van der Waals surface area contributed by atoms with E-state index in [1.165, 1.54) is 0 Å². The molecule has 4 rings (SSSR count). The Morgan fingerprint density at radius 3 is 2.79 bits per heavy atom. The van der Waals surface area contributed by atoms with Crippen molar-refractivity contribution in [2.75, 3.05) is 6.61 Å². The lowest BCUT2D eigenvalue weighted by atomic mass is 9.89. The van der Waals surface area contributed by atoms with Crippen LogP contribution in [0, 0.1) is 11.3 Å². The van der Waals surface area contributed by atoms with Gasteiger partial charge in [-0.3, -0.25) is 0 Å². The Balaban J connectivity index is 1.75. The van der Waals surface area contributed by atoms with Gasteiger partial charge in [0.2, 0.25) is 0 Å². The Morgan fingerprint density at radius 2 is 2.16 bits per heavy atom. The molecule has 1 aromatic rings. The number of nitrogens with two attached hydrogens (primary N) is 1. The van der Waals surface area contributed by atoms with Gasteiger partial charge in [0.25, 0.3) is 0 Å². The van der Waals surface area contributed by atoms with E-state index in [1.807, 2.05) is 6.07 Å². The first-order valence-corrected chi connectivity index (χ1v) is 6.84. The molecule has 0 atom stereocenters. The van der Waals surface area contributed by atoms with Gasteiger partial charge >= 0.3 is 0 Å². The fourth-order valence-corrected chi connectivity index (χ4v) is 3.10. The van der Waals surface area contributed by atoms with Crippen LogP contribution in [0.2, 0.25) is 0 Å². The van der Waals surface area contributed by atoms with Gasteiger partial charge in [-0.1, -0.05) is 0 Å². The monoisotopic (exact) mass is 256 g/mol. The summed E-state index contributed by atoms with van der Waals surface area (Å²) in [5, 5.41) is 9.30. The van der Waals surface area contributed by atoms with Crippen molar-refractivity contribution in [3.63, 3.8) is 0 Å². The molecule has 98 valence electrons. The maximum Gasteiger partial charge on any atom is 0.145 e. The number of hydrogen-bond donors (Lipinski definition) is 1. The second-order valence-electron chi connectivity index (χ2n) is 5.97. The fourth-order valence-electron chi connectivity index (χ4n) is 3.10. The highest BCUT2D eigenvalue weighted by Gasteiger charge is 2.53. The average Bonchev–Trinajstić information content (AvgIpc) is 3.05. The zero-order chi connectivity index (χ0) is 13.0. The van der Waals surface area contributed by atoms with Gasteiger partial charge < -0.3 is 15.2 Å². The van der Waals surface area contributed by atoms with Crippen molar-refractivity contribution in [1.29, 1.82) is 5.26 Å². The van der Waals surface area contributed by atoms with Crippen LogP contribution in [-0.2, 0) is 5.41 Å². The molecule has 2 N–H and O–H groups in total. The highest BCUT2D eigenvalue weighted by atomic mass is 16.5. The minimum Gasteiger partial charge on any atom is -0.492 e. The summed E-state index contributed by atoms with van der Waals surface area (Å²) < 4.78 is 11.8. The molecule has 4 nitrogen and oxygen atoms in total. The molecule has 1 aromatic carbocycles. The van der Waals surface area contributed by atoms with Gasteiger partial charge in [-0.25, -0.2) is 0 Å². The van der Waals surface area contributed by atoms with Crippen LogP contribution in [0.1, 0.15) is 36.8 Å². The molecule has 2 aliphatic carbocycles. The Kier molecular flexibility index (Phi) is 2.13.